The average Bonchev–Trinajstić information content (AvgIpc) is 3.55. The molecule has 7 heteroatoms. The Morgan fingerprint density at radius 3 is 2.52 bits per heavy atom. The highest BCUT2D eigenvalue weighted by atomic mass is 32.2. The summed E-state index contributed by atoms with van der Waals surface area (Å²) in [5, 5.41) is 1.25. The van der Waals surface area contributed by atoms with Gasteiger partial charge in [0.15, 0.2) is 5.65 Å². The van der Waals surface area contributed by atoms with Crippen LogP contribution in [0.4, 0.5) is 0 Å². The summed E-state index contributed by atoms with van der Waals surface area (Å²) in [5.41, 5.74) is 0.930. The fraction of sp³-hybridized carbons (Fsp3) is 0.400. The van der Waals surface area contributed by atoms with Crippen LogP contribution in [0, 0.1) is 0 Å². The van der Waals surface area contributed by atoms with E-state index in [0.29, 0.717) is 22.0 Å². The molecule has 0 bridgehead atoms. The molecule has 0 saturated heterocycles. The lowest BCUT2D eigenvalue weighted by molar-refractivity contribution is 0.691. The molecule has 1 aromatic carbocycles. The van der Waals surface area contributed by atoms with Crippen LogP contribution >= 0.6 is 11.8 Å². The maximum absolute atomic E-state index is 12.7. The number of aromatic amines is 1. The summed E-state index contributed by atoms with van der Waals surface area (Å²) in [5.74, 6) is 1.12. The van der Waals surface area contributed by atoms with Gasteiger partial charge in [0.05, 0.1) is 0 Å². The molecule has 0 spiro atoms. The minimum absolute atomic E-state index is 0.136. The first-order valence-electron chi connectivity index (χ1n) is 9.40. The van der Waals surface area contributed by atoms with Crippen LogP contribution in [0.25, 0.3) is 11.0 Å². The Kier molecular flexibility index (Phi) is 3.93. The van der Waals surface area contributed by atoms with E-state index < -0.39 is 5.56 Å². The first-order chi connectivity index (χ1) is 13.1. The summed E-state index contributed by atoms with van der Waals surface area (Å²) >= 11 is 1.56. The summed E-state index contributed by atoms with van der Waals surface area (Å²) in [4.78, 5) is 37.0. The van der Waals surface area contributed by atoms with Crippen LogP contribution in [-0.4, -0.2) is 19.5 Å². The number of hydrogen-bond donors (Lipinski definition) is 1. The Hall–Kier alpha value is -2.41. The summed E-state index contributed by atoms with van der Waals surface area (Å²) in [6, 6.07) is 10.3. The molecule has 5 rings (SSSR count). The molecule has 3 aromatic rings. The van der Waals surface area contributed by atoms with Crippen molar-refractivity contribution in [2.45, 2.75) is 54.8 Å². The van der Waals surface area contributed by atoms with Crippen molar-refractivity contribution in [1.29, 1.82) is 0 Å². The SMILES string of the molecule is CC(Sc1nc(C2CC2)nc2c1c(=O)[nH]c(=O)n2C1CC1)c1ccccc1. The van der Waals surface area contributed by atoms with E-state index in [0.717, 1.165) is 31.5 Å². The Balaban J connectivity index is 1.69. The smallest absolute Gasteiger partial charge is 0.274 e. The van der Waals surface area contributed by atoms with Gasteiger partial charge in [0.25, 0.3) is 5.56 Å². The minimum atomic E-state index is -0.392. The largest absolute Gasteiger partial charge is 0.330 e. The first kappa shape index (κ1) is 16.7. The summed E-state index contributed by atoms with van der Waals surface area (Å²) in [6.45, 7) is 2.11. The monoisotopic (exact) mass is 380 g/mol. The molecule has 1 atom stereocenters. The molecule has 27 heavy (non-hydrogen) atoms. The van der Waals surface area contributed by atoms with Crippen LogP contribution in [0.2, 0.25) is 0 Å². The minimum Gasteiger partial charge on any atom is -0.274 e. The number of thioether (sulfide) groups is 1. The predicted molar refractivity (Wildman–Crippen MR) is 105 cm³/mol. The number of hydrogen-bond acceptors (Lipinski definition) is 5. The van der Waals surface area contributed by atoms with Crippen LogP contribution in [0.15, 0.2) is 44.9 Å². The number of nitrogens with one attached hydrogen (secondary N) is 1. The number of fused-ring (bicyclic) bond motifs is 1. The lowest BCUT2D eigenvalue weighted by Gasteiger charge is -2.15. The van der Waals surface area contributed by atoms with E-state index in [1.54, 1.807) is 16.3 Å². The molecule has 2 aliphatic carbocycles. The van der Waals surface area contributed by atoms with Gasteiger partial charge in [0.2, 0.25) is 0 Å². The average molecular weight is 380 g/mol. The summed E-state index contributed by atoms with van der Waals surface area (Å²) < 4.78 is 1.67. The Morgan fingerprint density at radius 2 is 1.85 bits per heavy atom. The summed E-state index contributed by atoms with van der Waals surface area (Å²) in [6.07, 6.45) is 4.04. The topological polar surface area (TPSA) is 80.6 Å². The van der Waals surface area contributed by atoms with E-state index >= 15 is 0 Å². The zero-order valence-corrected chi connectivity index (χ0v) is 15.8. The molecule has 138 valence electrons. The number of benzene rings is 1. The van der Waals surface area contributed by atoms with Gasteiger partial charge in [-0.1, -0.05) is 42.1 Å². The van der Waals surface area contributed by atoms with E-state index in [9.17, 15) is 9.59 Å². The highest BCUT2D eigenvalue weighted by molar-refractivity contribution is 7.99. The molecular formula is C20H20N4O2S. The van der Waals surface area contributed by atoms with E-state index in [2.05, 4.69) is 29.0 Å². The van der Waals surface area contributed by atoms with Crippen LogP contribution in [0.3, 0.4) is 0 Å². The third kappa shape index (κ3) is 3.10. The van der Waals surface area contributed by atoms with Crippen molar-refractivity contribution < 1.29 is 0 Å². The number of aromatic nitrogens is 4. The van der Waals surface area contributed by atoms with Gasteiger partial charge < -0.3 is 0 Å². The van der Waals surface area contributed by atoms with E-state index in [1.165, 1.54) is 5.56 Å². The highest BCUT2D eigenvalue weighted by Crippen LogP contribution is 2.42. The normalized spacial score (nSPS) is 18.0. The van der Waals surface area contributed by atoms with E-state index in [1.807, 2.05) is 18.2 Å². The molecule has 0 aliphatic heterocycles. The fourth-order valence-electron chi connectivity index (χ4n) is 3.37. The van der Waals surface area contributed by atoms with Crippen molar-refractivity contribution in [3.63, 3.8) is 0 Å². The molecule has 1 N–H and O–H groups in total. The fourth-order valence-corrected chi connectivity index (χ4v) is 4.45. The molecule has 0 amide bonds. The predicted octanol–water partition coefficient (Wildman–Crippen LogP) is 3.55. The van der Waals surface area contributed by atoms with Gasteiger partial charge in [-0.05, 0) is 38.2 Å². The number of rotatable bonds is 5. The maximum atomic E-state index is 12.7. The quantitative estimate of drug-likeness (QED) is 0.541. The molecule has 1 unspecified atom stereocenters. The number of H-pyrrole nitrogens is 1. The van der Waals surface area contributed by atoms with Gasteiger partial charge in [0.1, 0.15) is 16.2 Å². The van der Waals surface area contributed by atoms with Gasteiger partial charge in [-0.15, -0.1) is 0 Å². The van der Waals surface area contributed by atoms with Gasteiger partial charge in [0, 0.05) is 17.2 Å². The second-order valence-electron chi connectivity index (χ2n) is 7.39. The van der Waals surface area contributed by atoms with Crippen molar-refractivity contribution in [1.82, 2.24) is 19.5 Å². The van der Waals surface area contributed by atoms with Crippen LogP contribution < -0.4 is 11.2 Å². The Morgan fingerprint density at radius 1 is 1.11 bits per heavy atom. The second kappa shape index (κ2) is 6.34. The second-order valence-corrected chi connectivity index (χ2v) is 8.72. The van der Waals surface area contributed by atoms with Crippen molar-refractivity contribution in [2.75, 3.05) is 0 Å². The van der Waals surface area contributed by atoms with Crippen LogP contribution in [-0.2, 0) is 0 Å². The Labute approximate surface area is 160 Å². The molecule has 2 aromatic heterocycles. The lowest BCUT2D eigenvalue weighted by Crippen LogP contribution is -2.31. The van der Waals surface area contributed by atoms with Crippen LogP contribution in [0.5, 0.6) is 0 Å². The van der Waals surface area contributed by atoms with Crippen molar-refractivity contribution in [2.24, 2.45) is 0 Å². The number of nitrogens with zero attached hydrogens (tertiary/aromatic N) is 3. The van der Waals surface area contributed by atoms with Crippen LogP contribution in [0.1, 0.15) is 61.2 Å². The standard InChI is InChI=1S/C20H20N4O2S/c1-11(12-5-3-2-4-6-12)27-19-15-17(21-16(22-19)13-7-8-13)24(14-9-10-14)20(26)23-18(15)25/h2-6,11,13-14H,7-10H2,1H3,(H,23,25,26). The van der Waals surface area contributed by atoms with E-state index in [4.69, 9.17) is 4.98 Å². The van der Waals surface area contributed by atoms with E-state index in [-0.39, 0.29) is 17.0 Å². The molecule has 0 radical (unpaired) electrons. The van der Waals surface area contributed by atoms with Gasteiger partial charge in [-0.2, -0.15) is 0 Å². The zero-order valence-electron chi connectivity index (χ0n) is 15.0. The van der Waals surface area contributed by atoms with Gasteiger partial charge >= 0.3 is 5.69 Å². The summed E-state index contributed by atoms with van der Waals surface area (Å²) in [7, 11) is 0. The van der Waals surface area contributed by atoms with Gasteiger partial charge in [-0.3, -0.25) is 14.3 Å². The Bertz CT molecular complexity index is 1130. The first-order valence-corrected chi connectivity index (χ1v) is 10.3. The molecule has 2 saturated carbocycles. The maximum Gasteiger partial charge on any atom is 0.330 e. The molecule has 2 aliphatic rings. The molecular weight excluding hydrogens is 360 g/mol. The van der Waals surface area contributed by atoms with Crippen molar-refractivity contribution in [3.8, 4) is 0 Å². The third-order valence-corrected chi connectivity index (χ3v) is 6.32. The molecule has 6 nitrogen and oxygen atoms in total. The lowest BCUT2D eigenvalue weighted by atomic mass is 10.2. The molecule has 2 heterocycles. The van der Waals surface area contributed by atoms with Gasteiger partial charge in [-0.25, -0.2) is 14.8 Å². The highest BCUT2D eigenvalue weighted by Gasteiger charge is 2.32. The molecule has 2 fully saturated rings. The van der Waals surface area contributed by atoms with Crippen molar-refractivity contribution in [3.05, 3.63) is 62.6 Å². The zero-order chi connectivity index (χ0) is 18.5. The van der Waals surface area contributed by atoms with Crippen molar-refractivity contribution >= 4 is 22.8 Å². The third-order valence-electron chi connectivity index (χ3n) is 5.18.